The zero-order valence-corrected chi connectivity index (χ0v) is 16.4. The van der Waals surface area contributed by atoms with Crippen LogP contribution in [-0.4, -0.2) is 22.3 Å². The van der Waals surface area contributed by atoms with Gasteiger partial charge < -0.3 is 4.74 Å². The number of rotatable bonds is 2. The van der Waals surface area contributed by atoms with Crippen LogP contribution in [0.5, 0.6) is 0 Å². The molecule has 0 aliphatic carbocycles. The number of nitrogens with one attached hydrogen (secondary N) is 1. The van der Waals surface area contributed by atoms with Crippen molar-refractivity contribution in [3.05, 3.63) is 75.7 Å². The lowest BCUT2D eigenvalue weighted by Gasteiger charge is -2.19. The normalized spacial score (nSPS) is 17.3. The van der Waals surface area contributed by atoms with Gasteiger partial charge in [0, 0.05) is 11.0 Å². The zero-order valence-electron chi connectivity index (χ0n) is 16.4. The highest BCUT2D eigenvalue weighted by atomic mass is 16.5. The highest BCUT2D eigenvalue weighted by molar-refractivity contribution is 6.29. The molecule has 0 saturated carbocycles. The number of esters is 1. The number of hydrogen-bond donors (Lipinski definition) is 1. The summed E-state index contributed by atoms with van der Waals surface area (Å²) in [4.78, 5) is 24.8. The quantitative estimate of drug-likeness (QED) is 0.686. The molecule has 4 rings (SSSR count). The number of carbonyl (C=O) groups is 1. The van der Waals surface area contributed by atoms with E-state index >= 15 is 0 Å². The number of cyclic esters (lactones) is 1. The van der Waals surface area contributed by atoms with Crippen LogP contribution in [0.2, 0.25) is 0 Å². The molecule has 1 N–H and O–H groups in total. The van der Waals surface area contributed by atoms with Crippen molar-refractivity contribution in [2.75, 3.05) is 0 Å². The smallest absolute Gasteiger partial charge is 0.341 e. The lowest BCUT2D eigenvalue weighted by Crippen LogP contribution is -2.12. The molecule has 1 aliphatic heterocycles. The highest BCUT2D eigenvalue weighted by Gasteiger charge is 2.35. The van der Waals surface area contributed by atoms with Crippen molar-refractivity contribution < 1.29 is 9.53 Å². The predicted octanol–water partition coefficient (Wildman–Crippen LogP) is 4.08. The van der Waals surface area contributed by atoms with E-state index in [-0.39, 0.29) is 11.0 Å². The molecule has 3 aromatic rings. The molecule has 0 radical (unpaired) electrons. The summed E-state index contributed by atoms with van der Waals surface area (Å²) in [6.45, 7) is 8.33. The number of hydrogen-bond acceptors (Lipinski definition) is 4. The number of nitrogens with zero attached hydrogens (tertiary/aromatic N) is 1. The molecule has 1 aromatic heterocycles. The Labute approximate surface area is 163 Å². The fourth-order valence-corrected chi connectivity index (χ4v) is 3.65. The minimum Gasteiger partial charge on any atom is -0.454 e. The number of carbonyl (C=O) groups excluding carboxylic acids is 1. The highest BCUT2D eigenvalue weighted by Crippen LogP contribution is 2.38. The van der Waals surface area contributed by atoms with Gasteiger partial charge in [-0.1, -0.05) is 63.2 Å². The third-order valence-electron chi connectivity index (χ3n) is 5.16. The van der Waals surface area contributed by atoms with Crippen molar-refractivity contribution in [1.82, 2.24) is 10.2 Å². The molecule has 28 heavy (non-hydrogen) atoms. The SMILES string of the molecule is C[C@@H]1OC(=O)C(c2n[nH]c(=O)c3ccccc23)=C1c1ccc(C(C)(C)C)cc1. The van der Waals surface area contributed by atoms with Gasteiger partial charge in [0.05, 0.1) is 11.0 Å². The van der Waals surface area contributed by atoms with Gasteiger partial charge in [-0.2, -0.15) is 5.10 Å². The van der Waals surface area contributed by atoms with Crippen molar-refractivity contribution in [2.45, 2.75) is 39.2 Å². The maximum Gasteiger partial charge on any atom is 0.341 e. The third kappa shape index (κ3) is 2.93. The molecule has 2 aromatic carbocycles. The fraction of sp³-hybridized carbons (Fsp3) is 0.261. The van der Waals surface area contributed by atoms with Gasteiger partial charge >= 0.3 is 5.97 Å². The molecule has 1 atom stereocenters. The van der Waals surface area contributed by atoms with E-state index < -0.39 is 12.1 Å². The van der Waals surface area contributed by atoms with E-state index in [1.807, 2.05) is 25.1 Å². The van der Waals surface area contributed by atoms with Gasteiger partial charge in [0.1, 0.15) is 11.8 Å². The Kier molecular flexibility index (Phi) is 4.18. The van der Waals surface area contributed by atoms with Crippen LogP contribution in [0.15, 0.2) is 53.3 Å². The first-order chi connectivity index (χ1) is 13.3. The Bertz CT molecular complexity index is 1160. The molecule has 142 valence electrons. The first-order valence-electron chi connectivity index (χ1n) is 9.31. The van der Waals surface area contributed by atoms with Crippen molar-refractivity contribution in [1.29, 1.82) is 0 Å². The van der Waals surface area contributed by atoms with Crippen LogP contribution in [0.1, 0.15) is 44.5 Å². The third-order valence-corrected chi connectivity index (χ3v) is 5.16. The van der Waals surface area contributed by atoms with Crippen LogP contribution in [0.3, 0.4) is 0 Å². The van der Waals surface area contributed by atoms with E-state index in [9.17, 15) is 9.59 Å². The monoisotopic (exact) mass is 374 g/mol. The van der Waals surface area contributed by atoms with E-state index in [0.29, 0.717) is 22.0 Å². The fourth-order valence-electron chi connectivity index (χ4n) is 3.65. The van der Waals surface area contributed by atoms with Crippen molar-refractivity contribution in [3.63, 3.8) is 0 Å². The Balaban J connectivity index is 1.96. The second-order valence-electron chi connectivity index (χ2n) is 8.11. The van der Waals surface area contributed by atoms with Crippen LogP contribution >= 0.6 is 0 Å². The van der Waals surface area contributed by atoms with E-state index in [4.69, 9.17) is 4.74 Å². The zero-order chi connectivity index (χ0) is 20.1. The van der Waals surface area contributed by atoms with Gasteiger partial charge in [0.2, 0.25) is 0 Å². The average Bonchev–Trinajstić information content (AvgIpc) is 2.95. The van der Waals surface area contributed by atoms with Gasteiger partial charge in [-0.05, 0) is 29.5 Å². The van der Waals surface area contributed by atoms with Crippen LogP contribution in [-0.2, 0) is 14.9 Å². The van der Waals surface area contributed by atoms with E-state index in [1.54, 1.807) is 18.2 Å². The minimum atomic E-state index is -0.424. The summed E-state index contributed by atoms with van der Waals surface area (Å²) >= 11 is 0. The Morgan fingerprint density at radius 2 is 1.61 bits per heavy atom. The molecular formula is C23H22N2O3. The van der Waals surface area contributed by atoms with E-state index in [1.165, 1.54) is 5.56 Å². The molecular weight excluding hydrogens is 352 g/mol. The van der Waals surface area contributed by atoms with Crippen molar-refractivity contribution in [2.24, 2.45) is 0 Å². The van der Waals surface area contributed by atoms with Crippen LogP contribution in [0, 0.1) is 0 Å². The number of ether oxygens (including phenoxy) is 1. The van der Waals surface area contributed by atoms with Crippen molar-refractivity contribution in [3.8, 4) is 0 Å². The van der Waals surface area contributed by atoms with Crippen molar-refractivity contribution >= 4 is 27.9 Å². The summed E-state index contributed by atoms with van der Waals surface area (Å²) in [5.74, 6) is -0.424. The molecule has 2 heterocycles. The largest absolute Gasteiger partial charge is 0.454 e. The Morgan fingerprint density at radius 3 is 2.25 bits per heavy atom. The predicted molar refractivity (Wildman–Crippen MR) is 110 cm³/mol. The summed E-state index contributed by atoms with van der Waals surface area (Å²) < 4.78 is 5.53. The van der Waals surface area contributed by atoms with Crippen LogP contribution in [0.25, 0.3) is 21.9 Å². The van der Waals surface area contributed by atoms with Gasteiger partial charge in [-0.3, -0.25) is 4.79 Å². The standard InChI is InChI=1S/C23H22N2O3/c1-13-18(14-9-11-15(12-10-14)23(2,3)4)19(22(27)28-13)20-16-7-5-6-8-17(16)21(26)25-24-20/h5-13H,1-4H3,(H,25,26)/t13-/m0/s1. The van der Waals surface area contributed by atoms with E-state index in [0.717, 1.165) is 11.1 Å². The lowest BCUT2D eigenvalue weighted by molar-refractivity contribution is -0.136. The maximum absolute atomic E-state index is 12.7. The summed E-state index contributed by atoms with van der Waals surface area (Å²) in [5, 5.41) is 7.85. The number of aromatic nitrogens is 2. The Hall–Kier alpha value is -3.21. The number of fused-ring (bicyclic) bond motifs is 1. The average molecular weight is 374 g/mol. The first kappa shape index (κ1) is 18.2. The van der Waals surface area contributed by atoms with Gasteiger partial charge in [-0.25, -0.2) is 9.89 Å². The molecule has 5 heteroatoms. The van der Waals surface area contributed by atoms with Gasteiger partial charge in [-0.15, -0.1) is 0 Å². The number of H-pyrrole nitrogens is 1. The molecule has 5 nitrogen and oxygen atoms in total. The van der Waals surface area contributed by atoms with Crippen LogP contribution < -0.4 is 5.56 Å². The maximum atomic E-state index is 12.7. The molecule has 0 unspecified atom stereocenters. The van der Waals surface area contributed by atoms with Gasteiger partial charge in [0.15, 0.2) is 0 Å². The second kappa shape index (κ2) is 6.44. The second-order valence-corrected chi connectivity index (χ2v) is 8.11. The molecule has 0 bridgehead atoms. The summed E-state index contributed by atoms with van der Waals surface area (Å²) in [6.07, 6.45) is -0.393. The topological polar surface area (TPSA) is 72.0 Å². The lowest BCUT2D eigenvalue weighted by atomic mass is 9.85. The van der Waals surface area contributed by atoms with Gasteiger partial charge in [0.25, 0.3) is 5.56 Å². The molecule has 0 fully saturated rings. The Morgan fingerprint density at radius 1 is 0.964 bits per heavy atom. The number of benzene rings is 2. The summed E-state index contributed by atoms with van der Waals surface area (Å²) in [7, 11) is 0. The first-order valence-corrected chi connectivity index (χ1v) is 9.31. The summed E-state index contributed by atoms with van der Waals surface area (Å²) in [6, 6.07) is 15.3. The minimum absolute atomic E-state index is 0.0417. The molecule has 1 aliphatic rings. The summed E-state index contributed by atoms with van der Waals surface area (Å²) in [5.41, 5.74) is 3.52. The van der Waals surface area contributed by atoms with E-state index in [2.05, 4.69) is 43.1 Å². The molecule has 0 amide bonds. The molecule has 0 saturated heterocycles. The number of aromatic amines is 1. The molecule has 0 spiro atoms. The van der Waals surface area contributed by atoms with Crippen LogP contribution in [0.4, 0.5) is 0 Å².